The van der Waals surface area contributed by atoms with Crippen LogP contribution in [-0.2, 0) is 4.79 Å². The van der Waals surface area contributed by atoms with E-state index in [0.717, 1.165) is 17.1 Å². The smallest absolute Gasteiger partial charge is 0.305 e. The van der Waals surface area contributed by atoms with Crippen LogP contribution in [-0.4, -0.2) is 17.6 Å². The van der Waals surface area contributed by atoms with Crippen molar-refractivity contribution in [2.45, 2.75) is 19.4 Å². The molecule has 5 heteroatoms. The highest BCUT2D eigenvalue weighted by atomic mass is 35.5. The Morgan fingerprint density at radius 2 is 2.10 bits per heavy atom. The Labute approximate surface area is 127 Å². The predicted octanol–water partition coefficient (Wildman–Crippen LogP) is 4.44. The van der Waals surface area contributed by atoms with E-state index in [-0.39, 0.29) is 12.5 Å². The molecule has 2 rings (SSSR count). The normalized spacial score (nSPS) is 12.1. The van der Waals surface area contributed by atoms with Gasteiger partial charge in [0.15, 0.2) is 0 Å². The zero-order valence-electron chi connectivity index (χ0n) is 11.1. The third kappa shape index (κ3) is 3.32. The Morgan fingerprint density at radius 3 is 2.65 bits per heavy atom. The minimum Gasteiger partial charge on any atom is -0.481 e. The summed E-state index contributed by atoms with van der Waals surface area (Å²) in [5.41, 5.74) is 0.854. The number of carboxylic acids is 1. The fraction of sp³-hybridized carbons (Fsp3) is 0.267. The molecular formula is C15H16ClNO2S. The summed E-state index contributed by atoms with van der Waals surface area (Å²) in [7, 11) is 0. The summed E-state index contributed by atoms with van der Waals surface area (Å²) >= 11 is 7.85. The standard InChI is InChI=1S/C15H16ClNO2S/c1-2-17(14-8-5-9-20-14)13(10-15(18)19)11-6-3-4-7-12(11)16/h3-9,13H,2,10H2,1H3,(H,18,19)/t13-/m0/s1. The molecule has 0 saturated heterocycles. The van der Waals surface area contributed by atoms with E-state index in [2.05, 4.69) is 4.90 Å². The molecule has 0 saturated carbocycles. The summed E-state index contributed by atoms with van der Waals surface area (Å²) in [6, 6.07) is 11.1. The first-order chi connectivity index (χ1) is 9.63. The lowest BCUT2D eigenvalue weighted by atomic mass is 10.0. The van der Waals surface area contributed by atoms with Crippen LogP contribution in [0.25, 0.3) is 0 Å². The molecule has 1 aromatic heterocycles. The molecule has 0 spiro atoms. The van der Waals surface area contributed by atoms with Crippen molar-refractivity contribution in [1.29, 1.82) is 0 Å². The van der Waals surface area contributed by atoms with Gasteiger partial charge in [0.1, 0.15) is 0 Å². The van der Waals surface area contributed by atoms with Crippen LogP contribution in [0.4, 0.5) is 5.00 Å². The molecule has 1 heterocycles. The van der Waals surface area contributed by atoms with Crippen molar-refractivity contribution in [2.75, 3.05) is 11.4 Å². The molecule has 0 aliphatic rings. The van der Waals surface area contributed by atoms with Gasteiger partial charge in [-0.25, -0.2) is 0 Å². The lowest BCUT2D eigenvalue weighted by Gasteiger charge is -2.31. The summed E-state index contributed by atoms with van der Waals surface area (Å²) in [4.78, 5) is 13.3. The van der Waals surface area contributed by atoms with Crippen LogP contribution in [0.3, 0.4) is 0 Å². The fourth-order valence-electron chi connectivity index (χ4n) is 2.26. The molecule has 0 aliphatic heterocycles. The second kappa shape index (κ2) is 6.77. The minimum atomic E-state index is -0.829. The molecule has 2 aromatic rings. The Morgan fingerprint density at radius 1 is 1.35 bits per heavy atom. The quantitative estimate of drug-likeness (QED) is 0.857. The first-order valence-corrected chi connectivity index (χ1v) is 7.65. The van der Waals surface area contributed by atoms with E-state index in [1.165, 1.54) is 0 Å². The van der Waals surface area contributed by atoms with E-state index in [9.17, 15) is 9.90 Å². The van der Waals surface area contributed by atoms with Gasteiger partial charge in [0.05, 0.1) is 17.5 Å². The lowest BCUT2D eigenvalue weighted by Crippen LogP contribution is -2.29. The number of carboxylic acid groups (broad SMARTS) is 1. The van der Waals surface area contributed by atoms with Crippen molar-refractivity contribution in [3.63, 3.8) is 0 Å². The Bertz CT molecular complexity index is 571. The van der Waals surface area contributed by atoms with Gasteiger partial charge in [0.25, 0.3) is 0 Å². The van der Waals surface area contributed by atoms with E-state index < -0.39 is 5.97 Å². The third-order valence-electron chi connectivity index (χ3n) is 3.14. The zero-order valence-corrected chi connectivity index (χ0v) is 12.7. The molecule has 20 heavy (non-hydrogen) atoms. The SMILES string of the molecule is CCN(c1cccs1)[C@@H](CC(=O)O)c1ccccc1Cl. The molecule has 106 valence electrons. The van der Waals surface area contributed by atoms with E-state index >= 15 is 0 Å². The van der Waals surface area contributed by atoms with Crippen LogP contribution in [0.2, 0.25) is 5.02 Å². The molecule has 0 unspecified atom stereocenters. The molecule has 0 fully saturated rings. The largest absolute Gasteiger partial charge is 0.481 e. The number of hydrogen-bond acceptors (Lipinski definition) is 3. The van der Waals surface area contributed by atoms with Crippen LogP contribution in [0.1, 0.15) is 24.9 Å². The zero-order chi connectivity index (χ0) is 14.5. The average Bonchev–Trinajstić information content (AvgIpc) is 2.92. The fourth-order valence-corrected chi connectivity index (χ4v) is 3.37. The number of nitrogens with zero attached hydrogens (tertiary/aromatic N) is 1. The molecule has 0 radical (unpaired) electrons. The van der Waals surface area contributed by atoms with Crippen molar-refractivity contribution in [2.24, 2.45) is 0 Å². The number of rotatable bonds is 6. The van der Waals surface area contributed by atoms with Crippen LogP contribution in [0, 0.1) is 0 Å². The van der Waals surface area contributed by atoms with Crippen molar-refractivity contribution < 1.29 is 9.90 Å². The maximum atomic E-state index is 11.2. The number of benzene rings is 1. The second-order valence-corrected chi connectivity index (χ2v) is 5.71. The van der Waals surface area contributed by atoms with Crippen LogP contribution >= 0.6 is 22.9 Å². The Hall–Kier alpha value is -1.52. The first-order valence-electron chi connectivity index (χ1n) is 6.39. The van der Waals surface area contributed by atoms with E-state index in [1.54, 1.807) is 17.4 Å². The van der Waals surface area contributed by atoms with Gasteiger partial charge in [-0.3, -0.25) is 4.79 Å². The van der Waals surface area contributed by atoms with E-state index in [4.69, 9.17) is 11.6 Å². The topological polar surface area (TPSA) is 40.5 Å². The molecule has 0 aliphatic carbocycles. The summed E-state index contributed by atoms with van der Waals surface area (Å²) in [6.07, 6.45) is 0.0233. The highest BCUT2D eigenvalue weighted by Gasteiger charge is 2.24. The second-order valence-electron chi connectivity index (χ2n) is 4.37. The predicted molar refractivity (Wildman–Crippen MR) is 83.8 cm³/mol. The van der Waals surface area contributed by atoms with Crippen molar-refractivity contribution in [3.8, 4) is 0 Å². The van der Waals surface area contributed by atoms with Crippen LogP contribution in [0.5, 0.6) is 0 Å². The monoisotopic (exact) mass is 309 g/mol. The maximum Gasteiger partial charge on any atom is 0.305 e. The van der Waals surface area contributed by atoms with Gasteiger partial charge >= 0.3 is 5.97 Å². The van der Waals surface area contributed by atoms with E-state index in [0.29, 0.717) is 5.02 Å². The minimum absolute atomic E-state index is 0.0233. The number of carbonyl (C=O) groups is 1. The highest BCUT2D eigenvalue weighted by molar-refractivity contribution is 7.14. The van der Waals surface area contributed by atoms with Gasteiger partial charge in [-0.2, -0.15) is 0 Å². The van der Waals surface area contributed by atoms with E-state index in [1.807, 2.05) is 42.6 Å². The summed E-state index contributed by atoms with van der Waals surface area (Å²) < 4.78 is 0. The molecule has 1 N–H and O–H groups in total. The van der Waals surface area contributed by atoms with Crippen molar-refractivity contribution in [3.05, 3.63) is 52.4 Å². The lowest BCUT2D eigenvalue weighted by molar-refractivity contribution is -0.137. The summed E-state index contributed by atoms with van der Waals surface area (Å²) in [6.45, 7) is 2.75. The van der Waals surface area contributed by atoms with Gasteiger partial charge < -0.3 is 10.0 Å². The van der Waals surface area contributed by atoms with Crippen LogP contribution < -0.4 is 4.90 Å². The van der Waals surface area contributed by atoms with Gasteiger partial charge in [0, 0.05) is 11.6 Å². The third-order valence-corrected chi connectivity index (χ3v) is 4.39. The number of anilines is 1. The molecular weight excluding hydrogens is 294 g/mol. The van der Waals surface area contributed by atoms with Gasteiger partial charge in [-0.1, -0.05) is 29.8 Å². The number of halogens is 1. The summed E-state index contributed by atoms with van der Waals surface area (Å²) in [5.74, 6) is -0.829. The number of thiophene rings is 1. The molecule has 1 aromatic carbocycles. The molecule has 3 nitrogen and oxygen atoms in total. The average molecular weight is 310 g/mol. The molecule has 1 atom stereocenters. The Balaban J connectivity index is 2.41. The van der Waals surface area contributed by atoms with Crippen molar-refractivity contribution in [1.82, 2.24) is 0 Å². The molecule has 0 bridgehead atoms. The van der Waals surface area contributed by atoms with Gasteiger partial charge in [-0.05, 0) is 36.1 Å². The number of aliphatic carboxylic acids is 1. The maximum absolute atomic E-state index is 11.2. The summed E-state index contributed by atoms with van der Waals surface area (Å²) in [5, 5.41) is 12.9. The van der Waals surface area contributed by atoms with Crippen LogP contribution in [0.15, 0.2) is 41.8 Å². The molecule has 0 amide bonds. The number of hydrogen-bond donors (Lipinski definition) is 1. The van der Waals surface area contributed by atoms with Crippen molar-refractivity contribution >= 4 is 33.9 Å². The first kappa shape index (κ1) is 14.9. The highest BCUT2D eigenvalue weighted by Crippen LogP contribution is 2.35. The Kier molecular flexibility index (Phi) is 5.04. The van der Waals surface area contributed by atoms with Gasteiger partial charge in [-0.15, -0.1) is 11.3 Å². The van der Waals surface area contributed by atoms with Gasteiger partial charge in [0.2, 0.25) is 0 Å².